The Balaban J connectivity index is 1.97. The number of hydrogen-bond acceptors (Lipinski definition) is 3. The molecular weight excluding hydrogens is 200 g/mol. The summed E-state index contributed by atoms with van der Waals surface area (Å²) in [7, 11) is 0. The first-order valence-corrected chi connectivity index (χ1v) is 6.11. The van der Waals surface area contributed by atoms with Crippen LogP contribution < -0.4 is 0 Å². The molecule has 1 aliphatic rings. The van der Waals surface area contributed by atoms with Crippen molar-refractivity contribution in [1.29, 1.82) is 0 Å². The van der Waals surface area contributed by atoms with Crippen LogP contribution in [0.15, 0.2) is 18.6 Å². The lowest BCUT2D eigenvalue weighted by molar-refractivity contribution is 0.0865. The maximum atomic E-state index is 12.1. The summed E-state index contributed by atoms with van der Waals surface area (Å²) in [4.78, 5) is 20.0. The predicted molar refractivity (Wildman–Crippen MR) is 62.1 cm³/mol. The molecule has 1 saturated carbocycles. The van der Waals surface area contributed by atoms with Crippen LogP contribution in [0.1, 0.15) is 49.5 Å². The zero-order chi connectivity index (χ0) is 11.4. The monoisotopic (exact) mass is 218 g/mol. The quantitative estimate of drug-likeness (QED) is 0.733. The maximum absolute atomic E-state index is 12.1. The minimum absolute atomic E-state index is 0.192. The number of carbonyl (C=O) groups excluding carboxylic acids is 1. The molecule has 0 saturated heterocycles. The Kier molecular flexibility index (Phi) is 3.65. The van der Waals surface area contributed by atoms with E-state index in [1.54, 1.807) is 12.3 Å². The molecule has 0 N–H and O–H groups in total. The van der Waals surface area contributed by atoms with Gasteiger partial charge in [-0.05, 0) is 37.7 Å². The minimum atomic E-state index is 0.192. The summed E-state index contributed by atoms with van der Waals surface area (Å²) in [5.74, 6) is 1.23. The zero-order valence-electron chi connectivity index (χ0n) is 9.72. The molecule has 0 aromatic carbocycles. The third-order valence-corrected chi connectivity index (χ3v) is 3.63. The van der Waals surface area contributed by atoms with Gasteiger partial charge in [0.2, 0.25) is 0 Å². The minimum Gasteiger partial charge on any atom is -0.292 e. The van der Waals surface area contributed by atoms with Crippen molar-refractivity contribution in [3.8, 4) is 0 Å². The highest BCUT2D eigenvalue weighted by molar-refractivity contribution is 5.95. The van der Waals surface area contributed by atoms with Crippen LogP contribution in [0.2, 0.25) is 0 Å². The fraction of sp³-hybridized carbons (Fsp3) is 0.615. The SMILES string of the molecule is CCC1CCC(C(=O)c2ccncn2)CC1. The maximum Gasteiger partial charge on any atom is 0.184 e. The average molecular weight is 218 g/mol. The van der Waals surface area contributed by atoms with Crippen molar-refractivity contribution in [2.45, 2.75) is 39.0 Å². The Labute approximate surface area is 96.3 Å². The van der Waals surface area contributed by atoms with Gasteiger partial charge < -0.3 is 0 Å². The normalized spacial score (nSPS) is 25.3. The van der Waals surface area contributed by atoms with Crippen LogP contribution in [0, 0.1) is 11.8 Å². The zero-order valence-corrected chi connectivity index (χ0v) is 9.72. The Morgan fingerprint density at radius 3 is 2.69 bits per heavy atom. The van der Waals surface area contributed by atoms with Crippen molar-refractivity contribution < 1.29 is 4.79 Å². The van der Waals surface area contributed by atoms with E-state index in [-0.39, 0.29) is 11.7 Å². The van der Waals surface area contributed by atoms with Gasteiger partial charge in [0, 0.05) is 12.1 Å². The van der Waals surface area contributed by atoms with Crippen molar-refractivity contribution in [3.63, 3.8) is 0 Å². The molecule has 1 fully saturated rings. The van der Waals surface area contributed by atoms with Crippen LogP contribution in [0.5, 0.6) is 0 Å². The highest BCUT2D eigenvalue weighted by atomic mass is 16.1. The second-order valence-corrected chi connectivity index (χ2v) is 4.58. The second-order valence-electron chi connectivity index (χ2n) is 4.58. The highest BCUT2D eigenvalue weighted by Crippen LogP contribution is 2.32. The largest absolute Gasteiger partial charge is 0.292 e. The topological polar surface area (TPSA) is 42.9 Å². The fourth-order valence-electron chi connectivity index (χ4n) is 2.48. The summed E-state index contributed by atoms with van der Waals surface area (Å²) in [6.45, 7) is 2.23. The van der Waals surface area contributed by atoms with Crippen LogP contribution >= 0.6 is 0 Å². The van der Waals surface area contributed by atoms with Gasteiger partial charge in [0.25, 0.3) is 0 Å². The van der Waals surface area contributed by atoms with Crippen LogP contribution in [0.3, 0.4) is 0 Å². The standard InChI is InChI=1S/C13H18N2O/c1-2-10-3-5-11(6-4-10)13(16)12-7-8-14-9-15-12/h7-11H,2-6H2,1H3. The molecule has 3 nitrogen and oxygen atoms in total. The summed E-state index contributed by atoms with van der Waals surface area (Å²) < 4.78 is 0. The molecule has 1 aromatic heterocycles. The molecule has 0 unspecified atom stereocenters. The third-order valence-electron chi connectivity index (χ3n) is 3.63. The molecule has 0 amide bonds. The summed E-state index contributed by atoms with van der Waals surface area (Å²) in [5, 5.41) is 0. The Hall–Kier alpha value is -1.25. The molecule has 1 aliphatic carbocycles. The molecule has 1 aromatic rings. The van der Waals surface area contributed by atoms with Crippen LogP contribution in [0.4, 0.5) is 0 Å². The van der Waals surface area contributed by atoms with E-state index in [1.807, 2.05) is 0 Å². The smallest absolute Gasteiger partial charge is 0.184 e. The summed E-state index contributed by atoms with van der Waals surface area (Å²) in [6, 6.07) is 1.72. The van der Waals surface area contributed by atoms with E-state index in [9.17, 15) is 4.79 Å². The molecular formula is C13H18N2O. The van der Waals surface area contributed by atoms with Crippen LogP contribution in [-0.4, -0.2) is 15.8 Å². The highest BCUT2D eigenvalue weighted by Gasteiger charge is 2.26. The van der Waals surface area contributed by atoms with Crippen LogP contribution in [-0.2, 0) is 0 Å². The Morgan fingerprint density at radius 2 is 2.12 bits per heavy atom. The van der Waals surface area contributed by atoms with E-state index in [1.165, 1.54) is 25.6 Å². The molecule has 0 radical (unpaired) electrons. The first kappa shape index (κ1) is 11.2. The van der Waals surface area contributed by atoms with Crippen LogP contribution in [0.25, 0.3) is 0 Å². The van der Waals surface area contributed by atoms with E-state index in [0.717, 1.165) is 18.8 Å². The summed E-state index contributed by atoms with van der Waals surface area (Å²) in [6.07, 6.45) is 8.77. The number of aromatic nitrogens is 2. The number of Topliss-reactive ketones (excluding diaryl/α,β-unsaturated/α-hetero) is 1. The molecule has 86 valence electrons. The molecule has 2 rings (SSSR count). The summed E-state index contributed by atoms with van der Waals surface area (Å²) >= 11 is 0. The lowest BCUT2D eigenvalue weighted by Gasteiger charge is -2.26. The second kappa shape index (κ2) is 5.19. The van der Waals surface area contributed by atoms with Crippen molar-refractivity contribution in [3.05, 3.63) is 24.3 Å². The number of hydrogen-bond donors (Lipinski definition) is 0. The number of carbonyl (C=O) groups is 1. The molecule has 3 heteroatoms. The predicted octanol–water partition coefficient (Wildman–Crippen LogP) is 2.88. The fourth-order valence-corrected chi connectivity index (χ4v) is 2.48. The van der Waals surface area contributed by atoms with Crippen molar-refractivity contribution in [2.75, 3.05) is 0 Å². The van der Waals surface area contributed by atoms with E-state index in [0.29, 0.717) is 5.69 Å². The van der Waals surface area contributed by atoms with E-state index in [2.05, 4.69) is 16.9 Å². The first-order valence-electron chi connectivity index (χ1n) is 6.11. The van der Waals surface area contributed by atoms with Gasteiger partial charge in [-0.3, -0.25) is 4.79 Å². The van der Waals surface area contributed by atoms with Gasteiger partial charge in [-0.25, -0.2) is 9.97 Å². The number of rotatable bonds is 3. The van der Waals surface area contributed by atoms with E-state index >= 15 is 0 Å². The van der Waals surface area contributed by atoms with E-state index < -0.39 is 0 Å². The van der Waals surface area contributed by atoms with Crippen molar-refractivity contribution in [1.82, 2.24) is 9.97 Å². The van der Waals surface area contributed by atoms with Crippen molar-refractivity contribution >= 4 is 5.78 Å². The first-order chi connectivity index (χ1) is 7.81. The van der Waals surface area contributed by atoms with Gasteiger partial charge in [0.15, 0.2) is 5.78 Å². The van der Waals surface area contributed by atoms with Gasteiger partial charge in [0.05, 0.1) is 0 Å². The average Bonchev–Trinajstić information content (AvgIpc) is 2.39. The molecule has 1 heterocycles. The number of ketones is 1. The molecule has 0 aliphatic heterocycles. The van der Waals surface area contributed by atoms with Gasteiger partial charge >= 0.3 is 0 Å². The molecule has 0 bridgehead atoms. The van der Waals surface area contributed by atoms with Crippen molar-refractivity contribution in [2.24, 2.45) is 11.8 Å². The van der Waals surface area contributed by atoms with Gasteiger partial charge in [-0.15, -0.1) is 0 Å². The molecule has 16 heavy (non-hydrogen) atoms. The number of nitrogens with zero attached hydrogens (tertiary/aromatic N) is 2. The third kappa shape index (κ3) is 2.46. The lowest BCUT2D eigenvalue weighted by atomic mass is 9.78. The van der Waals surface area contributed by atoms with Gasteiger partial charge in [0.1, 0.15) is 12.0 Å². The summed E-state index contributed by atoms with van der Waals surface area (Å²) in [5.41, 5.74) is 0.579. The molecule has 0 spiro atoms. The Morgan fingerprint density at radius 1 is 1.38 bits per heavy atom. The Bertz CT molecular complexity index is 342. The lowest BCUT2D eigenvalue weighted by Crippen LogP contribution is -2.22. The molecule has 0 atom stereocenters. The van der Waals surface area contributed by atoms with E-state index in [4.69, 9.17) is 0 Å². The van der Waals surface area contributed by atoms with Gasteiger partial charge in [-0.1, -0.05) is 13.3 Å². The van der Waals surface area contributed by atoms with Gasteiger partial charge in [-0.2, -0.15) is 0 Å².